The second-order valence-electron chi connectivity index (χ2n) is 5.84. The summed E-state index contributed by atoms with van der Waals surface area (Å²) >= 11 is 0. The lowest BCUT2D eigenvalue weighted by Gasteiger charge is -2.27. The molecule has 1 aliphatic rings. The Hall–Kier alpha value is -0.940. The Morgan fingerprint density at radius 2 is 1.84 bits per heavy atom. The molecule has 5 heteroatoms. The van der Waals surface area contributed by atoms with Crippen LogP contribution >= 0.6 is 0 Å². The van der Waals surface area contributed by atoms with Gasteiger partial charge in [-0.2, -0.15) is 4.98 Å². The van der Waals surface area contributed by atoms with Crippen LogP contribution < -0.4 is 5.73 Å². The van der Waals surface area contributed by atoms with E-state index in [1.54, 1.807) is 7.11 Å². The molecule has 1 aromatic heterocycles. The third-order valence-corrected chi connectivity index (χ3v) is 4.15. The third-order valence-electron chi connectivity index (χ3n) is 4.15. The van der Waals surface area contributed by atoms with Crippen molar-refractivity contribution in [2.75, 3.05) is 7.11 Å². The van der Waals surface area contributed by atoms with Crippen LogP contribution in [0, 0.1) is 5.92 Å². The molecule has 0 spiro atoms. The van der Waals surface area contributed by atoms with Crippen LogP contribution in [0.4, 0.5) is 0 Å². The zero-order valence-corrected chi connectivity index (χ0v) is 12.2. The molecule has 0 radical (unpaired) electrons. The quantitative estimate of drug-likeness (QED) is 0.849. The van der Waals surface area contributed by atoms with E-state index in [2.05, 4.69) is 10.1 Å². The normalized spacial score (nSPS) is 21.3. The van der Waals surface area contributed by atoms with Crippen LogP contribution in [0.1, 0.15) is 70.1 Å². The van der Waals surface area contributed by atoms with Crippen molar-refractivity contribution < 1.29 is 9.26 Å². The maximum atomic E-state index is 6.06. The van der Waals surface area contributed by atoms with Crippen LogP contribution in [0.5, 0.6) is 0 Å². The molecule has 1 fully saturated rings. The number of nitrogens with zero attached hydrogens (tertiary/aromatic N) is 2. The van der Waals surface area contributed by atoms with Crippen molar-refractivity contribution >= 4 is 0 Å². The summed E-state index contributed by atoms with van der Waals surface area (Å²) in [5.41, 5.74) is 5.68. The summed E-state index contributed by atoms with van der Waals surface area (Å²) in [4.78, 5) is 4.51. The molecule has 0 saturated heterocycles. The van der Waals surface area contributed by atoms with Crippen molar-refractivity contribution in [1.82, 2.24) is 10.1 Å². The van der Waals surface area contributed by atoms with Crippen LogP contribution in [0.25, 0.3) is 0 Å². The number of ether oxygens (including phenoxy) is 1. The van der Waals surface area contributed by atoms with Gasteiger partial charge in [-0.1, -0.05) is 44.7 Å². The Morgan fingerprint density at radius 1 is 1.21 bits per heavy atom. The van der Waals surface area contributed by atoms with Gasteiger partial charge < -0.3 is 15.0 Å². The highest BCUT2D eigenvalue weighted by Gasteiger charge is 2.38. The molecule has 0 amide bonds. The summed E-state index contributed by atoms with van der Waals surface area (Å²) in [6.45, 7) is 4.10. The van der Waals surface area contributed by atoms with Gasteiger partial charge in [0, 0.05) is 7.11 Å². The first-order chi connectivity index (χ1) is 9.09. The van der Waals surface area contributed by atoms with Gasteiger partial charge in [0.2, 0.25) is 11.7 Å². The molecule has 1 saturated carbocycles. The van der Waals surface area contributed by atoms with Crippen LogP contribution in [0.3, 0.4) is 0 Å². The van der Waals surface area contributed by atoms with Gasteiger partial charge in [-0.05, 0) is 18.8 Å². The van der Waals surface area contributed by atoms with Gasteiger partial charge in [-0.3, -0.25) is 0 Å². The lowest BCUT2D eigenvalue weighted by molar-refractivity contribution is -0.0365. The number of hydrogen-bond donors (Lipinski definition) is 1. The average Bonchev–Trinajstić information content (AvgIpc) is 2.77. The number of rotatable bonds is 4. The van der Waals surface area contributed by atoms with E-state index in [0.717, 1.165) is 25.7 Å². The molecule has 0 aliphatic heterocycles. The number of hydrogen-bond acceptors (Lipinski definition) is 5. The van der Waals surface area contributed by atoms with Gasteiger partial charge in [-0.15, -0.1) is 0 Å². The first-order valence-electron chi connectivity index (χ1n) is 7.24. The molecule has 19 heavy (non-hydrogen) atoms. The molecule has 0 unspecified atom stereocenters. The molecular weight excluding hydrogens is 242 g/mol. The second kappa shape index (κ2) is 6.01. The van der Waals surface area contributed by atoms with E-state index in [1.165, 1.54) is 12.8 Å². The molecule has 0 bridgehead atoms. The van der Waals surface area contributed by atoms with Gasteiger partial charge in [0.25, 0.3) is 0 Å². The van der Waals surface area contributed by atoms with Gasteiger partial charge in [-0.25, -0.2) is 0 Å². The van der Waals surface area contributed by atoms with Gasteiger partial charge in [0.15, 0.2) is 0 Å². The first kappa shape index (κ1) is 14.5. The third kappa shape index (κ3) is 2.98. The molecular formula is C14H25N3O2. The molecule has 108 valence electrons. The number of nitrogens with two attached hydrogens (primary N) is 1. The van der Waals surface area contributed by atoms with E-state index in [0.29, 0.717) is 11.7 Å². The van der Waals surface area contributed by atoms with Crippen molar-refractivity contribution in [3.05, 3.63) is 11.7 Å². The van der Waals surface area contributed by atoms with Crippen LogP contribution in [0.2, 0.25) is 0 Å². The van der Waals surface area contributed by atoms with E-state index >= 15 is 0 Å². The largest absolute Gasteiger partial charge is 0.370 e. The van der Waals surface area contributed by atoms with E-state index < -0.39 is 0 Å². The maximum absolute atomic E-state index is 6.06. The standard InChI is InChI=1S/C14H25N3O2/c1-10(2)11(15)12-16-13(17-19-12)14(18-3)8-6-4-5-7-9-14/h10-11H,4-9,15H2,1-3H3/t11-/m0/s1. The topological polar surface area (TPSA) is 74.2 Å². The fourth-order valence-electron chi connectivity index (χ4n) is 2.66. The van der Waals surface area contributed by atoms with Crippen molar-refractivity contribution in [2.45, 2.75) is 64.0 Å². The molecule has 1 aromatic rings. The lowest BCUT2D eigenvalue weighted by Crippen LogP contribution is -2.29. The Labute approximate surface area is 114 Å². The average molecular weight is 267 g/mol. The molecule has 2 N–H and O–H groups in total. The zero-order chi connectivity index (χ0) is 13.9. The maximum Gasteiger partial charge on any atom is 0.243 e. The minimum Gasteiger partial charge on any atom is -0.370 e. The van der Waals surface area contributed by atoms with Crippen LogP contribution in [0.15, 0.2) is 4.52 Å². The summed E-state index contributed by atoms with van der Waals surface area (Å²) in [5.74, 6) is 1.47. The second-order valence-corrected chi connectivity index (χ2v) is 5.84. The van der Waals surface area contributed by atoms with Crippen molar-refractivity contribution in [3.63, 3.8) is 0 Å². The smallest absolute Gasteiger partial charge is 0.243 e. The summed E-state index contributed by atoms with van der Waals surface area (Å²) in [5, 5.41) is 4.14. The molecule has 1 heterocycles. The predicted molar refractivity (Wildman–Crippen MR) is 72.5 cm³/mol. The number of aromatic nitrogens is 2. The Morgan fingerprint density at radius 3 is 2.37 bits per heavy atom. The molecule has 2 rings (SSSR count). The SMILES string of the molecule is COC1(c2noc([C@@H](N)C(C)C)n2)CCCCCC1. The van der Waals surface area contributed by atoms with E-state index in [-0.39, 0.29) is 17.6 Å². The summed E-state index contributed by atoms with van der Waals surface area (Å²) < 4.78 is 11.1. The Bertz CT molecular complexity index is 395. The monoisotopic (exact) mass is 267 g/mol. The summed E-state index contributed by atoms with van der Waals surface area (Å²) in [6.07, 6.45) is 6.71. The highest BCUT2D eigenvalue weighted by atomic mass is 16.5. The summed E-state index contributed by atoms with van der Waals surface area (Å²) in [6, 6.07) is -0.207. The van der Waals surface area contributed by atoms with E-state index in [1.807, 2.05) is 13.8 Å². The molecule has 5 nitrogen and oxygen atoms in total. The highest BCUT2D eigenvalue weighted by Crippen LogP contribution is 2.37. The molecule has 1 aliphatic carbocycles. The Kier molecular flexibility index (Phi) is 4.58. The molecule has 1 atom stereocenters. The minimum absolute atomic E-state index is 0.207. The van der Waals surface area contributed by atoms with Crippen LogP contribution in [-0.4, -0.2) is 17.3 Å². The fourth-order valence-corrected chi connectivity index (χ4v) is 2.66. The van der Waals surface area contributed by atoms with Crippen molar-refractivity contribution in [1.29, 1.82) is 0 Å². The number of methoxy groups -OCH3 is 1. The molecule has 0 aromatic carbocycles. The van der Waals surface area contributed by atoms with E-state index in [9.17, 15) is 0 Å². The van der Waals surface area contributed by atoms with Crippen LogP contribution in [-0.2, 0) is 10.3 Å². The summed E-state index contributed by atoms with van der Waals surface area (Å²) in [7, 11) is 1.74. The van der Waals surface area contributed by atoms with Gasteiger partial charge >= 0.3 is 0 Å². The minimum atomic E-state index is -0.380. The van der Waals surface area contributed by atoms with Gasteiger partial charge in [0.05, 0.1) is 6.04 Å². The Balaban J connectivity index is 2.23. The highest BCUT2D eigenvalue weighted by molar-refractivity contribution is 5.04. The first-order valence-corrected chi connectivity index (χ1v) is 7.24. The van der Waals surface area contributed by atoms with Gasteiger partial charge in [0.1, 0.15) is 5.60 Å². The zero-order valence-electron chi connectivity index (χ0n) is 12.2. The van der Waals surface area contributed by atoms with E-state index in [4.69, 9.17) is 15.0 Å². The van der Waals surface area contributed by atoms with Crippen molar-refractivity contribution in [3.8, 4) is 0 Å². The fraction of sp³-hybridized carbons (Fsp3) is 0.857. The van der Waals surface area contributed by atoms with Crippen molar-refractivity contribution in [2.24, 2.45) is 11.7 Å². The lowest BCUT2D eigenvalue weighted by atomic mass is 9.93. The predicted octanol–water partition coefficient (Wildman–Crippen LogP) is 2.92.